The normalized spacial score (nSPS) is 14.2. The number of hydrogen-bond acceptors (Lipinski definition) is 1. The molecule has 0 saturated heterocycles. The van der Waals surface area contributed by atoms with Crippen molar-refractivity contribution in [2.75, 3.05) is 0 Å². The van der Waals surface area contributed by atoms with Gasteiger partial charge in [0.1, 0.15) is 0 Å². The van der Waals surface area contributed by atoms with E-state index < -0.39 is 0 Å². The monoisotopic (exact) mass is 323 g/mol. The number of hydrogen-bond donors (Lipinski definition) is 0. The largest absolute Gasteiger partial charge is 0.261 e. The van der Waals surface area contributed by atoms with Crippen LogP contribution in [0.5, 0.6) is 0 Å². The zero-order chi connectivity index (χ0) is 13.1. The summed E-state index contributed by atoms with van der Waals surface area (Å²) in [5.41, 5.74) is 3.38. The van der Waals surface area contributed by atoms with Crippen LogP contribution in [0.15, 0.2) is 47.1 Å². The van der Waals surface area contributed by atoms with Gasteiger partial charge in [0, 0.05) is 22.3 Å². The second-order valence-corrected chi connectivity index (χ2v) is 5.72. The van der Waals surface area contributed by atoms with Crippen molar-refractivity contribution in [2.45, 2.75) is 25.1 Å². The first-order valence-corrected chi connectivity index (χ1v) is 7.14. The Morgan fingerprint density at radius 1 is 1.17 bits per heavy atom. The van der Waals surface area contributed by atoms with E-state index in [1.54, 1.807) is 0 Å². The average molecular weight is 325 g/mol. The number of rotatable bonds is 3. The van der Waals surface area contributed by atoms with E-state index in [-0.39, 0.29) is 11.3 Å². The summed E-state index contributed by atoms with van der Waals surface area (Å²) in [7, 11) is 0. The number of alkyl halides is 1. The van der Waals surface area contributed by atoms with Crippen molar-refractivity contribution in [3.05, 3.63) is 63.9 Å². The smallest absolute Gasteiger partial charge is 0.0669 e. The Morgan fingerprint density at radius 3 is 2.61 bits per heavy atom. The highest BCUT2D eigenvalue weighted by atomic mass is 79.9. The molecule has 94 valence electrons. The standard InChI is InChI=1S/C15H15BrClN/c1-10-12(6-5-7-13(10)16)15(17)11(2)14-8-3-4-9-18-14/h3-9,11,15H,1-2H3. The maximum Gasteiger partial charge on any atom is 0.0669 e. The topological polar surface area (TPSA) is 12.9 Å². The van der Waals surface area contributed by atoms with Crippen LogP contribution >= 0.6 is 27.5 Å². The van der Waals surface area contributed by atoms with Gasteiger partial charge in [-0.3, -0.25) is 4.98 Å². The number of aromatic nitrogens is 1. The summed E-state index contributed by atoms with van der Waals surface area (Å²) >= 11 is 10.2. The van der Waals surface area contributed by atoms with E-state index in [2.05, 4.69) is 40.8 Å². The van der Waals surface area contributed by atoms with Crippen molar-refractivity contribution in [1.82, 2.24) is 4.98 Å². The molecule has 1 aromatic carbocycles. The third-order valence-electron chi connectivity index (χ3n) is 3.20. The number of nitrogens with zero attached hydrogens (tertiary/aromatic N) is 1. The van der Waals surface area contributed by atoms with Gasteiger partial charge < -0.3 is 0 Å². The summed E-state index contributed by atoms with van der Waals surface area (Å²) in [6, 6.07) is 12.1. The summed E-state index contributed by atoms with van der Waals surface area (Å²) in [6.45, 7) is 4.19. The lowest BCUT2D eigenvalue weighted by Gasteiger charge is -2.20. The molecule has 0 aliphatic carbocycles. The molecule has 0 radical (unpaired) electrons. The minimum atomic E-state index is -0.0719. The SMILES string of the molecule is Cc1c(Br)cccc1C(Cl)C(C)c1ccccn1. The molecule has 3 heteroatoms. The molecule has 1 heterocycles. The minimum Gasteiger partial charge on any atom is -0.261 e. The molecule has 0 N–H and O–H groups in total. The molecule has 0 aliphatic rings. The summed E-state index contributed by atoms with van der Waals surface area (Å²) in [5.74, 6) is 0.181. The molecule has 0 bridgehead atoms. The van der Waals surface area contributed by atoms with Gasteiger partial charge in [-0.05, 0) is 36.2 Å². The van der Waals surface area contributed by atoms with Gasteiger partial charge in [0.05, 0.1) is 5.38 Å². The number of benzene rings is 1. The first-order chi connectivity index (χ1) is 8.61. The second kappa shape index (κ2) is 5.85. The molecule has 1 aromatic heterocycles. The van der Waals surface area contributed by atoms with Gasteiger partial charge in [0.2, 0.25) is 0 Å². The van der Waals surface area contributed by atoms with E-state index >= 15 is 0 Å². The summed E-state index contributed by atoms with van der Waals surface area (Å²) in [4.78, 5) is 4.38. The summed E-state index contributed by atoms with van der Waals surface area (Å²) in [5, 5.41) is -0.0719. The molecular weight excluding hydrogens is 310 g/mol. The zero-order valence-corrected chi connectivity index (χ0v) is 12.7. The molecule has 0 spiro atoms. The van der Waals surface area contributed by atoms with Gasteiger partial charge in [-0.2, -0.15) is 0 Å². The Morgan fingerprint density at radius 2 is 1.94 bits per heavy atom. The number of halogens is 2. The number of pyridine rings is 1. The Labute approximate surface area is 121 Å². The van der Waals surface area contributed by atoms with E-state index in [4.69, 9.17) is 11.6 Å². The predicted octanol–water partition coefficient (Wildman–Crippen LogP) is 5.24. The highest BCUT2D eigenvalue weighted by Gasteiger charge is 2.21. The lowest BCUT2D eigenvalue weighted by molar-refractivity contribution is 0.703. The highest BCUT2D eigenvalue weighted by molar-refractivity contribution is 9.10. The van der Waals surface area contributed by atoms with E-state index in [0.717, 1.165) is 15.7 Å². The molecule has 1 nitrogen and oxygen atoms in total. The van der Waals surface area contributed by atoms with E-state index in [1.807, 2.05) is 36.5 Å². The van der Waals surface area contributed by atoms with Crippen molar-refractivity contribution < 1.29 is 0 Å². The van der Waals surface area contributed by atoms with Crippen LogP contribution in [-0.4, -0.2) is 4.98 Å². The molecule has 2 rings (SSSR count). The van der Waals surface area contributed by atoms with Crippen LogP contribution in [0.25, 0.3) is 0 Å². The van der Waals surface area contributed by atoms with Crippen molar-refractivity contribution >= 4 is 27.5 Å². The molecular formula is C15H15BrClN. The van der Waals surface area contributed by atoms with E-state index in [9.17, 15) is 0 Å². The fourth-order valence-electron chi connectivity index (χ4n) is 1.99. The third-order valence-corrected chi connectivity index (χ3v) is 4.67. The Bertz CT molecular complexity index is 527. The van der Waals surface area contributed by atoms with Crippen LogP contribution in [-0.2, 0) is 0 Å². The van der Waals surface area contributed by atoms with Crippen molar-refractivity contribution in [3.8, 4) is 0 Å². The van der Waals surface area contributed by atoms with Gasteiger partial charge in [0.15, 0.2) is 0 Å². The average Bonchev–Trinajstić information content (AvgIpc) is 2.41. The summed E-state index contributed by atoms with van der Waals surface area (Å²) < 4.78 is 1.10. The van der Waals surface area contributed by atoms with Gasteiger partial charge >= 0.3 is 0 Å². The van der Waals surface area contributed by atoms with Crippen LogP contribution in [0.4, 0.5) is 0 Å². The fourth-order valence-corrected chi connectivity index (χ4v) is 2.73. The molecule has 0 fully saturated rings. The first-order valence-electron chi connectivity index (χ1n) is 5.91. The molecule has 0 saturated carbocycles. The fraction of sp³-hybridized carbons (Fsp3) is 0.267. The summed E-state index contributed by atoms with van der Waals surface area (Å²) in [6.07, 6.45) is 1.81. The van der Waals surface area contributed by atoms with Crippen LogP contribution < -0.4 is 0 Å². The second-order valence-electron chi connectivity index (χ2n) is 4.40. The molecule has 2 aromatic rings. The molecule has 0 aliphatic heterocycles. The highest BCUT2D eigenvalue weighted by Crippen LogP contribution is 2.38. The minimum absolute atomic E-state index is 0.0719. The lowest BCUT2D eigenvalue weighted by atomic mass is 9.94. The Hall–Kier alpha value is -0.860. The van der Waals surface area contributed by atoms with Crippen molar-refractivity contribution in [1.29, 1.82) is 0 Å². The van der Waals surface area contributed by atoms with Gasteiger partial charge in [-0.25, -0.2) is 0 Å². The van der Waals surface area contributed by atoms with Crippen molar-refractivity contribution in [3.63, 3.8) is 0 Å². The van der Waals surface area contributed by atoms with Crippen molar-refractivity contribution in [2.24, 2.45) is 0 Å². The Balaban J connectivity index is 2.31. The third kappa shape index (κ3) is 2.76. The zero-order valence-electron chi connectivity index (χ0n) is 10.4. The van der Waals surface area contributed by atoms with Crippen LogP contribution in [0.3, 0.4) is 0 Å². The van der Waals surface area contributed by atoms with Crippen LogP contribution in [0.1, 0.15) is 35.0 Å². The maximum atomic E-state index is 6.61. The van der Waals surface area contributed by atoms with Crippen LogP contribution in [0.2, 0.25) is 0 Å². The van der Waals surface area contributed by atoms with E-state index in [0.29, 0.717) is 0 Å². The molecule has 2 unspecified atom stereocenters. The Kier molecular flexibility index (Phi) is 4.41. The molecule has 0 amide bonds. The van der Waals surface area contributed by atoms with Gasteiger partial charge in [0.25, 0.3) is 0 Å². The lowest BCUT2D eigenvalue weighted by Crippen LogP contribution is -2.06. The quantitative estimate of drug-likeness (QED) is 0.704. The predicted molar refractivity (Wildman–Crippen MR) is 80.1 cm³/mol. The van der Waals surface area contributed by atoms with Gasteiger partial charge in [-0.15, -0.1) is 11.6 Å². The molecule has 18 heavy (non-hydrogen) atoms. The van der Waals surface area contributed by atoms with Gasteiger partial charge in [-0.1, -0.05) is 41.1 Å². The first kappa shape index (κ1) is 13.6. The van der Waals surface area contributed by atoms with Crippen LogP contribution in [0, 0.1) is 6.92 Å². The van der Waals surface area contributed by atoms with E-state index in [1.165, 1.54) is 5.56 Å². The molecule has 2 atom stereocenters. The maximum absolute atomic E-state index is 6.61.